The predicted octanol–water partition coefficient (Wildman–Crippen LogP) is 4.63. The molecule has 1 unspecified atom stereocenters. The van der Waals surface area contributed by atoms with E-state index in [1.165, 1.54) is 0 Å². The molecule has 2 N–H and O–H groups in total. The van der Waals surface area contributed by atoms with Gasteiger partial charge in [-0.2, -0.15) is 5.10 Å². The summed E-state index contributed by atoms with van der Waals surface area (Å²) in [7, 11) is 0. The largest absolute Gasteiger partial charge is 0.488 e. The molecule has 0 amide bonds. The van der Waals surface area contributed by atoms with Crippen LogP contribution in [0.3, 0.4) is 0 Å². The van der Waals surface area contributed by atoms with Gasteiger partial charge in [0.25, 0.3) is 0 Å². The van der Waals surface area contributed by atoms with Gasteiger partial charge in [-0.3, -0.25) is 0 Å². The number of piperidine rings is 1. The maximum Gasteiger partial charge on any atom is 0.234 e. The minimum Gasteiger partial charge on any atom is -0.488 e. The van der Waals surface area contributed by atoms with Gasteiger partial charge in [0.15, 0.2) is 5.60 Å². The Hall–Kier alpha value is -2.96. The lowest BCUT2D eigenvalue weighted by Gasteiger charge is -2.49. The quantitative estimate of drug-likeness (QED) is 0.472. The van der Waals surface area contributed by atoms with Gasteiger partial charge in [-0.25, -0.2) is 0 Å². The summed E-state index contributed by atoms with van der Waals surface area (Å²) in [6.45, 7) is 4.03. The van der Waals surface area contributed by atoms with Crippen LogP contribution in [0.2, 0.25) is 0 Å². The van der Waals surface area contributed by atoms with E-state index in [9.17, 15) is 5.11 Å². The van der Waals surface area contributed by atoms with E-state index in [-0.39, 0.29) is 0 Å². The molecule has 33 heavy (non-hydrogen) atoms. The molecule has 3 aromatic rings. The second kappa shape index (κ2) is 10.8. The number of para-hydroxylation sites is 1. The zero-order valence-corrected chi connectivity index (χ0v) is 19.2. The van der Waals surface area contributed by atoms with Gasteiger partial charge in [0.05, 0.1) is 0 Å². The Morgan fingerprint density at radius 3 is 2.48 bits per heavy atom. The number of hydrogen-bond donors (Lipinski definition) is 2. The van der Waals surface area contributed by atoms with Crippen molar-refractivity contribution in [3.05, 3.63) is 84.1 Å². The fourth-order valence-corrected chi connectivity index (χ4v) is 4.67. The zero-order chi connectivity index (χ0) is 23.0. The summed E-state index contributed by atoms with van der Waals surface area (Å²) >= 11 is 0. The molecule has 2 aromatic carbocycles. The van der Waals surface area contributed by atoms with E-state index >= 15 is 0 Å². The molecule has 6 heteroatoms. The van der Waals surface area contributed by atoms with Gasteiger partial charge in [-0.05, 0) is 56.5 Å². The standard InChI is InChI=1S/C27H33N3O3/c1-2-3-15-27(26(31)16-19-28-20-17-26,33-25-14-9-18-29-30-25)23-12-7-8-13-24(23)32-21-22-10-5-4-6-11-22/h4-14,18,28,31H,2-3,15-17,19-21H2,1H3. The molecule has 2 heterocycles. The molecule has 1 saturated heterocycles. The van der Waals surface area contributed by atoms with Crippen LogP contribution in [0.1, 0.15) is 50.2 Å². The van der Waals surface area contributed by atoms with E-state index in [0.717, 1.165) is 37.1 Å². The van der Waals surface area contributed by atoms with Crippen LogP contribution in [0.15, 0.2) is 72.9 Å². The number of nitrogens with one attached hydrogen (secondary N) is 1. The first-order valence-electron chi connectivity index (χ1n) is 11.8. The summed E-state index contributed by atoms with van der Waals surface area (Å²) in [5.41, 5.74) is -0.169. The van der Waals surface area contributed by atoms with Crippen LogP contribution in [0.5, 0.6) is 11.6 Å². The minimum absolute atomic E-state index is 0.401. The lowest BCUT2D eigenvalue weighted by atomic mass is 9.69. The highest BCUT2D eigenvalue weighted by Gasteiger charge is 2.55. The Morgan fingerprint density at radius 2 is 1.76 bits per heavy atom. The Balaban J connectivity index is 1.79. The van der Waals surface area contributed by atoms with Gasteiger partial charge in [-0.15, -0.1) is 5.10 Å². The molecule has 1 atom stereocenters. The van der Waals surface area contributed by atoms with Crippen molar-refractivity contribution >= 4 is 0 Å². The van der Waals surface area contributed by atoms with Crippen molar-refractivity contribution in [2.75, 3.05) is 13.1 Å². The van der Waals surface area contributed by atoms with Gasteiger partial charge in [0.2, 0.25) is 5.88 Å². The molecule has 0 bridgehead atoms. The number of ether oxygens (including phenoxy) is 2. The van der Waals surface area contributed by atoms with Crippen LogP contribution in [0.4, 0.5) is 0 Å². The highest BCUT2D eigenvalue weighted by Crippen LogP contribution is 2.48. The van der Waals surface area contributed by atoms with Crippen LogP contribution in [0.25, 0.3) is 0 Å². The molecule has 1 aliphatic heterocycles. The normalized spacial score (nSPS) is 17.2. The minimum atomic E-state index is -1.09. The molecular weight excluding hydrogens is 414 g/mol. The average molecular weight is 448 g/mol. The van der Waals surface area contributed by atoms with Crippen molar-refractivity contribution < 1.29 is 14.6 Å². The molecule has 174 valence electrons. The lowest BCUT2D eigenvalue weighted by molar-refractivity contribution is -0.163. The van der Waals surface area contributed by atoms with Gasteiger partial charge < -0.3 is 19.9 Å². The van der Waals surface area contributed by atoms with Gasteiger partial charge in [0, 0.05) is 17.8 Å². The molecule has 0 aliphatic carbocycles. The summed E-state index contributed by atoms with van der Waals surface area (Å²) in [6, 6.07) is 21.6. The van der Waals surface area contributed by atoms with Crippen molar-refractivity contribution in [1.82, 2.24) is 15.5 Å². The van der Waals surface area contributed by atoms with E-state index in [1.54, 1.807) is 18.3 Å². The molecule has 0 spiro atoms. The summed E-state index contributed by atoms with van der Waals surface area (Å²) < 4.78 is 13.0. The maximum absolute atomic E-state index is 12.2. The third kappa shape index (κ3) is 5.18. The van der Waals surface area contributed by atoms with Crippen LogP contribution < -0.4 is 14.8 Å². The third-order valence-electron chi connectivity index (χ3n) is 6.45. The number of rotatable bonds is 10. The molecule has 1 aromatic heterocycles. The topological polar surface area (TPSA) is 76.5 Å². The third-order valence-corrected chi connectivity index (χ3v) is 6.45. The molecular formula is C27H33N3O3. The van der Waals surface area contributed by atoms with Crippen LogP contribution in [-0.2, 0) is 12.2 Å². The molecule has 0 saturated carbocycles. The van der Waals surface area contributed by atoms with E-state index in [2.05, 4.69) is 22.4 Å². The second-order valence-electron chi connectivity index (χ2n) is 8.65. The average Bonchev–Trinajstić information content (AvgIpc) is 2.87. The van der Waals surface area contributed by atoms with Crippen LogP contribution >= 0.6 is 0 Å². The van der Waals surface area contributed by atoms with Crippen molar-refractivity contribution in [3.63, 3.8) is 0 Å². The monoisotopic (exact) mass is 447 g/mol. The number of aliphatic hydroxyl groups is 1. The number of hydrogen-bond acceptors (Lipinski definition) is 6. The van der Waals surface area contributed by atoms with E-state index in [0.29, 0.717) is 37.5 Å². The lowest BCUT2D eigenvalue weighted by Crippen LogP contribution is -2.60. The first-order chi connectivity index (χ1) is 16.2. The Morgan fingerprint density at radius 1 is 1.00 bits per heavy atom. The second-order valence-corrected chi connectivity index (χ2v) is 8.65. The Kier molecular flexibility index (Phi) is 7.57. The summed E-state index contributed by atoms with van der Waals surface area (Å²) in [4.78, 5) is 0. The number of nitrogens with zero attached hydrogens (tertiary/aromatic N) is 2. The van der Waals surface area contributed by atoms with Crippen molar-refractivity contribution in [2.24, 2.45) is 0 Å². The Bertz CT molecular complexity index is 994. The first kappa shape index (κ1) is 23.2. The van der Waals surface area contributed by atoms with Gasteiger partial charge in [0.1, 0.15) is 18.0 Å². The fraction of sp³-hybridized carbons (Fsp3) is 0.407. The molecule has 1 aliphatic rings. The highest BCUT2D eigenvalue weighted by molar-refractivity contribution is 5.42. The van der Waals surface area contributed by atoms with E-state index in [1.807, 2.05) is 54.6 Å². The van der Waals surface area contributed by atoms with Crippen molar-refractivity contribution in [2.45, 2.75) is 56.8 Å². The van der Waals surface area contributed by atoms with Crippen molar-refractivity contribution in [1.29, 1.82) is 0 Å². The first-order valence-corrected chi connectivity index (χ1v) is 11.8. The summed E-state index contributed by atoms with van der Waals surface area (Å²) in [5, 5.41) is 23.7. The van der Waals surface area contributed by atoms with E-state index in [4.69, 9.17) is 9.47 Å². The van der Waals surface area contributed by atoms with Gasteiger partial charge >= 0.3 is 0 Å². The number of aromatic nitrogens is 2. The predicted molar refractivity (Wildman–Crippen MR) is 128 cm³/mol. The van der Waals surface area contributed by atoms with Crippen LogP contribution in [-0.4, -0.2) is 34.0 Å². The van der Waals surface area contributed by atoms with Crippen LogP contribution in [0, 0.1) is 0 Å². The molecule has 6 nitrogen and oxygen atoms in total. The number of unbranched alkanes of at least 4 members (excludes halogenated alkanes) is 1. The zero-order valence-electron chi connectivity index (χ0n) is 19.2. The fourth-order valence-electron chi connectivity index (χ4n) is 4.67. The summed E-state index contributed by atoms with van der Waals surface area (Å²) in [5.74, 6) is 1.12. The maximum atomic E-state index is 12.2. The van der Waals surface area contributed by atoms with E-state index < -0.39 is 11.2 Å². The molecule has 4 rings (SSSR count). The smallest absolute Gasteiger partial charge is 0.234 e. The van der Waals surface area contributed by atoms with Crippen molar-refractivity contribution in [3.8, 4) is 11.6 Å². The molecule has 1 fully saturated rings. The SMILES string of the molecule is CCCCC(Oc1cccnn1)(c1ccccc1OCc1ccccc1)C1(O)CCNCC1. The number of benzene rings is 2. The molecule has 0 radical (unpaired) electrons. The van der Waals surface area contributed by atoms with Gasteiger partial charge in [-0.1, -0.05) is 61.9 Å². The highest BCUT2D eigenvalue weighted by atomic mass is 16.5. The summed E-state index contributed by atoms with van der Waals surface area (Å²) in [6.07, 6.45) is 5.28. The Labute approximate surface area is 196 Å².